The number of pyridine rings is 1. The van der Waals surface area contributed by atoms with Gasteiger partial charge < -0.3 is 10.1 Å². The molecule has 3 aromatic heterocycles. The molecule has 148 valence electrons. The average Bonchev–Trinajstić information content (AvgIpc) is 3.32. The summed E-state index contributed by atoms with van der Waals surface area (Å²) in [6, 6.07) is 7.14. The number of rotatable bonds is 4. The maximum atomic E-state index is 14.6. The lowest BCUT2D eigenvalue weighted by molar-refractivity contribution is 0.108. The summed E-state index contributed by atoms with van der Waals surface area (Å²) in [5, 5.41) is 9.34. The molecule has 2 atom stereocenters. The van der Waals surface area contributed by atoms with E-state index >= 15 is 0 Å². The monoisotopic (exact) mass is 456 g/mol. The van der Waals surface area contributed by atoms with Gasteiger partial charge in [0, 0.05) is 37.0 Å². The molecule has 1 aliphatic carbocycles. The number of nitrogens with one attached hydrogen (secondary N) is 1. The van der Waals surface area contributed by atoms with Crippen LogP contribution >= 0.6 is 15.9 Å². The Morgan fingerprint density at radius 1 is 1.28 bits per heavy atom. The van der Waals surface area contributed by atoms with Crippen LogP contribution in [-0.2, 0) is 4.74 Å². The molecule has 0 aliphatic heterocycles. The van der Waals surface area contributed by atoms with Crippen molar-refractivity contribution in [1.82, 2.24) is 24.7 Å². The van der Waals surface area contributed by atoms with E-state index in [9.17, 15) is 4.39 Å². The van der Waals surface area contributed by atoms with Gasteiger partial charge in [0.15, 0.2) is 11.5 Å². The molecule has 0 radical (unpaired) electrons. The first-order chi connectivity index (χ1) is 14.1. The minimum Gasteiger partial charge on any atom is -0.381 e. The minimum atomic E-state index is -0.401. The van der Waals surface area contributed by atoms with Crippen molar-refractivity contribution >= 4 is 43.8 Å². The van der Waals surface area contributed by atoms with Gasteiger partial charge in [-0.05, 0) is 47.3 Å². The van der Waals surface area contributed by atoms with Crippen LogP contribution in [0.4, 0.5) is 10.3 Å². The van der Waals surface area contributed by atoms with E-state index in [0.717, 1.165) is 24.6 Å². The van der Waals surface area contributed by atoms with Crippen LogP contribution in [0.1, 0.15) is 19.3 Å². The van der Waals surface area contributed by atoms with E-state index in [1.165, 1.54) is 6.07 Å². The van der Waals surface area contributed by atoms with Crippen molar-refractivity contribution in [2.24, 2.45) is 0 Å². The quantitative estimate of drug-likeness (QED) is 0.494. The summed E-state index contributed by atoms with van der Waals surface area (Å²) < 4.78 is 22.2. The lowest BCUT2D eigenvalue weighted by Gasteiger charge is -2.13. The molecule has 0 unspecified atom stereocenters. The Morgan fingerprint density at radius 2 is 2.17 bits per heavy atom. The van der Waals surface area contributed by atoms with Crippen LogP contribution in [0.25, 0.3) is 27.6 Å². The summed E-state index contributed by atoms with van der Waals surface area (Å²) in [5.74, 6) is 0.123. The molecule has 1 saturated carbocycles. The van der Waals surface area contributed by atoms with Crippen molar-refractivity contribution < 1.29 is 9.13 Å². The van der Waals surface area contributed by atoms with E-state index in [2.05, 4.69) is 41.3 Å². The van der Waals surface area contributed by atoms with E-state index in [1.54, 1.807) is 30.3 Å². The number of nitrogens with zero attached hydrogens (tertiary/aromatic N) is 5. The zero-order chi connectivity index (χ0) is 20.0. The number of hydrogen-bond acceptors (Lipinski definition) is 6. The zero-order valence-electron chi connectivity index (χ0n) is 15.6. The first-order valence-corrected chi connectivity index (χ1v) is 10.2. The van der Waals surface area contributed by atoms with E-state index in [-0.39, 0.29) is 12.1 Å². The highest BCUT2D eigenvalue weighted by molar-refractivity contribution is 9.10. The molecule has 1 aromatic carbocycles. The Balaban J connectivity index is 1.56. The fourth-order valence-corrected chi connectivity index (χ4v) is 4.28. The highest BCUT2D eigenvalue weighted by Gasteiger charge is 2.25. The largest absolute Gasteiger partial charge is 0.381 e. The summed E-state index contributed by atoms with van der Waals surface area (Å²) in [7, 11) is 1.74. The Hall–Kier alpha value is -2.65. The molecule has 9 heteroatoms. The van der Waals surface area contributed by atoms with Crippen molar-refractivity contribution in [3.63, 3.8) is 0 Å². The third kappa shape index (κ3) is 3.34. The van der Waals surface area contributed by atoms with E-state index in [4.69, 9.17) is 4.74 Å². The molecular formula is C20H18BrFN6O. The maximum absolute atomic E-state index is 14.6. The van der Waals surface area contributed by atoms with Crippen LogP contribution in [0, 0.1) is 5.82 Å². The van der Waals surface area contributed by atoms with Gasteiger partial charge >= 0.3 is 0 Å². The molecule has 3 heterocycles. The first-order valence-electron chi connectivity index (χ1n) is 9.37. The van der Waals surface area contributed by atoms with Gasteiger partial charge in [-0.3, -0.25) is 4.98 Å². The third-order valence-corrected chi connectivity index (χ3v) is 5.90. The molecular weight excluding hydrogens is 439 g/mol. The number of ether oxygens (including phenoxy) is 1. The Morgan fingerprint density at radius 3 is 3.00 bits per heavy atom. The number of halogens is 2. The second-order valence-electron chi connectivity index (χ2n) is 7.15. The molecule has 0 spiro atoms. The topological polar surface area (TPSA) is 77.8 Å². The van der Waals surface area contributed by atoms with Gasteiger partial charge in [0.1, 0.15) is 10.1 Å². The van der Waals surface area contributed by atoms with Crippen LogP contribution in [0.5, 0.6) is 0 Å². The molecule has 1 fully saturated rings. The fraction of sp³-hybridized carbons (Fsp3) is 0.300. The van der Waals surface area contributed by atoms with Crippen LogP contribution in [0.15, 0.2) is 41.3 Å². The van der Waals surface area contributed by atoms with Gasteiger partial charge in [-0.15, -0.1) is 0 Å². The van der Waals surface area contributed by atoms with Gasteiger partial charge in [0.05, 0.1) is 17.2 Å². The number of anilines is 1. The van der Waals surface area contributed by atoms with Crippen molar-refractivity contribution in [2.75, 3.05) is 12.4 Å². The number of fused-ring (bicyclic) bond motifs is 2. The van der Waals surface area contributed by atoms with Crippen LogP contribution in [0.3, 0.4) is 0 Å². The average molecular weight is 457 g/mol. The van der Waals surface area contributed by atoms with Crippen molar-refractivity contribution in [2.45, 2.75) is 31.4 Å². The normalized spacial score (nSPS) is 19.3. The number of benzene rings is 1. The van der Waals surface area contributed by atoms with Gasteiger partial charge in [-0.2, -0.15) is 10.1 Å². The maximum Gasteiger partial charge on any atom is 0.224 e. The smallest absolute Gasteiger partial charge is 0.224 e. The molecule has 1 aliphatic rings. The Kier molecular flexibility index (Phi) is 4.63. The molecule has 29 heavy (non-hydrogen) atoms. The lowest BCUT2D eigenvalue weighted by Crippen LogP contribution is -2.19. The van der Waals surface area contributed by atoms with Gasteiger partial charge in [-0.25, -0.2) is 14.1 Å². The number of methoxy groups -OCH3 is 1. The van der Waals surface area contributed by atoms with Crippen molar-refractivity contribution in [3.05, 3.63) is 47.1 Å². The molecule has 0 bridgehead atoms. The predicted octanol–water partition coefficient (Wildman–Crippen LogP) is 4.24. The first kappa shape index (κ1) is 18.4. The Labute approximate surface area is 174 Å². The van der Waals surface area contributed by atoms with Crippen LogP contribution in [-0.4, -0.2) is 44.0 Å². The second kappa shape index (κ2) is 7.31. The number of hydrogen-bond donors (Lipinski definition) is 1. The summed E-state index contributed by atoms with van der Waals surface area (Å²) in [6.45, 7) is 0. The fourth-order valence-electron chi connectivity index (χ4n) is 3.84. The van der Waals surface area contributed by atoms with Gasteiger partial charge in [-0.1, -0.05) is 6.07 Å². The van der Waals surface area contributed by atoms with Gasteiger partial charge in [0.25, 0.3) is 0 Å². The SMILES string of the molecule is CO[C@@H]1CC[C@@H](Nc2ncc3c(Br)nn(-c4cc(F)c5ncccc5c4)c3n2)C1. The predicted molar refractivity (Wildman–Crippen MR) is 112 cm³/mol. The standard InChI is InChI=1S/C20H18BrFN6O/c1-29-14-5-4-12(8-14)25-20-24-10-15-18(21)27-28(19(15)26-20)13-7-11-3-2-6-23-17(11)16(22)9-13/h2-3,6-7,9-10,12,14H,4-5,8H2,1H3,(H,24,25,26)/t12-,14-/m1/s1. The van der Waals surface area contributed by atoms with Crippen LogP contribution < -0.4 is 5.32 Å². The zero-order valence-corrected chi connectivity index (χ0v) is 17.2. The summed E-state index contributed by atoms with van der Waals surface area (Å²) in [6.07, 6.45) is 6.51. The van der Waals surface area contributed by atoms with Crippen molar-refractivity contribution in [3.8, 4) is 5.69 Å². The third-order valence-electron chi connectivity index (χ3n) is 5.32. The van der Waals surface area contributed by atoms with E-state index < -0.39 is 5.82 Å². The molecule has 7 nitrogen and oxygen atoms in total. The van der Waals surface area contributed by atoms with Crippen molar-refractivity contribution in [1.29, 1.82) is 0 Å². The van der Waals surface area contributed by atoms with Crippen LogP contribution in [0.2, 0.25) is 0 Å². The van der Waals surface area contributed by atoms with Gasteiger partial charge in [0.2, 0.25) is 5.95 Å². The summed E-state index contributed by atoms with van der Waals surface area (Å²) >= 11 is 3.46. The van der Waals surface area contributed by atoms with E-state index in [0.29, 0.717) is 32.8 Å². The second-order valence-corrected chi connectivity index (χ2v) is 7.90. The molecule has 4 aromatic rings. The summed E-state index contributed by atoms with van der Waals surface area (Å²) in [4.78, 5) is 13.2. The number of aromatic nitrogens is 5. The highest BCUT2D eigenvalue weighted by Crippen LogP contribution is 2.28. The molecule has 1 N–H and O–H groups in total. The molecule has 0 amide bonds. The summed E-state index contributed by atoms with van der Waals surface area (Å²) in [5.41, 5.74) is 1.50. The Bertz CT molecular complexity index is 1210. The molecule has 0 saturated heterocycles. The minimum absolute atomic E-state index is 0.265. The lowest BCUT2D eigenvalue weighted by atomic mass is 10.2. The van der Waals surface area contributed by atoms with E-state index in [1.807, 2.05) is 12.1 Å². The molecule has 5 rings (SSSR count). The highest BCUT2D eigenvalue weighted by atomic mass is 79.9.